The largest absolute Gasteiger partial charge is 0.383 e. The van der Waals surface area contributed by atoms with Crippen molar-refractivity contribution in [2.75, 3.05) is 64.4 Å². The van der Waals surface area contributed by atoms with E-state index < -0.39 is 0 Å². The van der Waals surface area contributed by atoms with Gasteiger partial charge in [0.1, 0.15) is 6.54 Å². The van der Waals surface area contributed by atoms with Gasteiger partial charge in [0.25, 0.3) is 0 Å². The summed E-state index contributed by atoms with van der Waals surface area (Å²) >= 11 is 1.77. The SMILES string of the molecule is CCNC(=NCC(=O)NCCOC)N1CCN(c2cccs2)CC1. The number of amides is 1. The lowest BCUT2D eigenvalue weighted by Gasteiger charge is -2.37. The summed E-state index contributed by atoms with van der Waals surface area (Å²) in [7, 11) is 1.61. The van der Waals surface area contributed by atoms with Crippen molar-refractivity contribution in [3.63, 3.8) is 0 Å². The lowest BCUT2D eigenvalue weighted by Crippen LogP contribution is -2.52. The Balaban J connectivity index is 1.84. The highest BCUT2D eigenvalue weighted by molar-refractivity contribution is 7.14. The molecule has 7 nitrogen and oxygen atoms in total. The van der Waals surface area contributed by atoms with Crippen LogP contribution in [-0.2, 0) is 9.53 Å². The molecule has 8 heteroatoms. The van der Waals surface area contributed by atoms with Crippen molar-refractivity contribution >= 4 is 28.2 Å². The third-order valence-corrected chi connectivity index (χ3v) is 4.66. The zero-order valence-electron chi connectivity index (χ0n) is 14.5. The van der Waals surface area contributed by atoms with Gasteiger partial charge in [-0.3, -0.25) is 4.79 Å². The van der Waals surface area contributed by atoms with E-state index in [1.807, 2.05) is 6.92 Å². The quantitative estimate of drug-likeness (QED) is 0.427. The zero-order valence-corrected chi connectivity index (χ0v) is 15.3. The van der Waals surface area contributed by atoms with Crippen LogP contribution in [0.2, 0.25) is 0 Å². The van der Waals surface area contributed by atoms with E-state index in [9.17, 15) is 4.79 Å². The molecule has 1 amide bonds. The van der Waals surface area contributed by atoms with Gasteiger partial charge in [-0.2, -0.15) is 0 Å². The average Bonchev–Trinajstić information content (AvgIpc) is 3.14. The number of methoxy groups -OCH3 is 1. The van der Waals surface area contributed by atoms with Crippen LogP contribution in [0.1, 0.15) is 6.92 Å². The lowest BCUT2D eigenvalue weighted by atomic mass is 10.3. The first kappa shape index (κ1) is 18.5. The Kier molecular flexibility index (Phi) is 7.84. The minimum atomic E-state index is -0.0836. The second-order valence-corrected chi connectivity index (χ2v) is 6.36. The highest BCUT2D eigenvalue weighted by Gasteiger charge is 2.20. The van der Waals surface area contributed by atoms with Gasteiger partial charge in [0.2, 0.25) is 5.91 Å². The zero-order chi connectivity index (χ0) is 17.2. The van der Waals surface area contributed by atoms with Crippen molar-refractivity contribution in [3.8, 4) is 0 Å². The number of aliphatic imine (C=N–C) groups is 1. The number of rotatable bonds is 7. The fourth-order valence-corrected chi connectivity index (χ4v) is 3.29. The molecule has 134 valence electrons. The summed E-state index contributed by atoms with van der Waals surface area (Å²) in [6.07, 6.45) is 0. The minimum absolute atomic E-state index is 0.0836. The molecule has 0 radical (unpaired) electrons. The van der Waals surface area contributed by atoms with Crippen LogP contribution in [0.25, 0.3) is 0 Å². The van der Waals surface area contributed by atoms with E-state index in [0.717, 1.165) is 38.7 Å². The van der Waals surface area contributed by atoms with Gasteiger partial charge in [-0.25, -0.2) is 4.99 Å². The van der Waals surface area contributed by atoms with Crippen LogP contribution in [-0.4, -0.2) is 76.3 Å². The second kappa shape index (κ2) is 10.1. The molecule has 0 bridgehead atoms. The number of carbonyl (C=O) groups excluding carboxylic acids is 1. The van der Waals surface area contributed by atoms with E-state index in [1.165, 1.54) is 5.00 Å². The van der Waals surface area contributed by atoms with Crippen LogP contribution in [0.4, 0.5) is 5.00 Å². The Morgan fingerprint density at radius 2 is 2.12 bits per heavy atom. The predicted molar refractivity (Wildman–Crippen MR) is 99.0 cm³/mol. The van der Waals surface area contributed by atoms with Gasteiger partial charge < -0.3 is 25.2 Å². The van der Waals surface area contributed by atoms with Gasteiger partial charge in [0, 0.05) is 46.4 Å². The highest BCUT2D eigenvalue weighted by Crippen LogP contribution is 2.22. The summed E-state index contributed by atoms with van der Waals surface area (Å²) in [6.45, 7) is 7.71. The summed E-state index contributed by atoms with van der Waals surface area (Å²) in [4.78, 5) is 20.9. The Bertz CT molecular complexity index is 513. The number of nitrogens with zero attached hydrogens (tertiary/aromatic N) is 3. The van der Waals surface area contributed by atoms with E-state index in [-0.39, 0.29) is 12.5 Å². The Labute approximate surface area is 147 Å². The van der Waals surface area contributed by atoms with Gasteiger partial charge in [-0.05, 0) is 24.4 Å². The normalized spacial score (nSPS) is 15.5. The number of anilines is 1. The molecule has 0 aliphatic carbocycles. The maximum atomic E-state index is 11.8. The Hall–Kier alpha value is -1.80. The Morgan fingerprint density at radius 3 is 2.75 bits per heavy atom. The van der Waals surface area contributed by atoms with Crippen molar-refractivity contribution in [2.45, 2.75) is 6.92 Å². The molecule has 1 aromatic rings. The molecule has 0 atom stereocenters. The summed E-state index contributed by atoms with van der Waals surface area (Å²) < 4.78 is 4.92. The highest BCUT2D eigenvalue weighted by atomic mass is 32.1. The first-order chi connectivity index (χ1) is 11.7. The number of hydrogen-bond acceptors (Lipinski definition) is 5. The molecule has 0 saturated carbocycles. The van der Waals surface area contributed by atoms with Crippen molar-refractivity contribution in [3.05, 3.63) is 17.5 Å². The number of carbonyl (C=O) groups is 1. The molecule has 2 heterocycles. The van der Waals surface area contributed by atoms with Crippen LogP contribution in [0.5, 0.6) is 0 Å². The van der Waals surface area contributed by atoms with Gasteiger partial charge in [0.05, 0.1) is 11.6 Å². The van der Waals surface area contributed by atoms with Crippen LogP contribution in [0, 0.1) is 0 Å². The fraction of sp³-hybridized carbons (Fsp3) is 0.625. The molecular formula is C16H27N5O2S. The van der Waals surface area contributed by atoms with E-state index in [1.54, 1.807) is 18.4 Å². The van der Waals surface area contributed by atoms with Crippen LogP contribution < -0.4 is 15.5 Å². The number of guanidine groups is 1. The molecule has 1 aromatic heterocycles. The lowest BCUT2D eigenvalue weighted by molar-refractivity contribution is -0.119. The molecule has 1 fully saturated rings. The number of ether oxygens (including phenoxy) is 1. The van der Waals surface area contributed by atoms with Gasteiger partial charge >= 0.3 is 0 Å². The molecular weight excluding hydrogens is 326 g/mol. The first-order valence-corrected chi connectivity index (χ1v) is 9.20. The third-order valence-electron chi connectivity index (χ3n) is 3.73. The van der Waals surface area contributed by atoms with Crippen molar-refractivity contribution in [1.82, 2.24) is 15.5 Å². The third kappa shape index (κ3) is 5.68. The molecule has 0 unspecified atom stereocenters. The van der Waals surface area contributed by atoms with Crippen LogP contribution >= 0.6 is 11.3 Å². The molecule has 2 rings (SSSR count). The van der Waals surface area contributed by atoms with Crippen molar-refractivity contribution < 1.29 is 9.53 Å². The van der Waals surface area contributed by atoms with Crippen LogP contribution in [0.3, 0.4) is 0 Å². The number of hydrogen-bond donors (Lipinski definition) is 2. The number of nitrogens with one attached hydrogen (secondary N) is 2. The minimum Gasteiger partial charge on any atom is -0.383 e. The molecule has 1 aliphatic heterocycles. The fourth-order valence-electron chi connectivity index (χ4n) is 2.51. The van der Waals surface area contributed by atoms with E-state index in [0.29, 0.717) is 13.2 Å². The van der Waals surface area contributed by atoms with Crippen molar-refractivity contribution in [1.29, 1.82) is 0 Å². The smallest absolute Gasteiger partial charge is 0.241 e. The van der Waals surface area contributed by atoms with Crippen molar-refractivity contribution in [2.24, 2.45) is 4.99 Å². The average molecular weight is 353 g/mol. The van der Waals surface area contributed by atoms with Crippen LogP contribution in [0.15, 0.2) is 22.5 Å². The summed E-state index contributed by atoms with van der Waals surface area (Å²) in [5, 5.41) is 9.49. The standard InChI is InChI=1S/C16H27N5O2S/c1-3-17-16(19-13-14(22)18-6-11-23-2)21-9-7-20(8-10-21)15-5-4-12-24-15/h4-5,12H,3,6-11,13H2,1-2H3,(H,17,19)(H,18,22). The molecule has 1 saturated heterocycles. The molecule has 0 spiro atoms. The molecule has 24 heavy (non-hydrogen) atoms. The number of piperazine rings is 1. The molecule has 1 aliphatic rings. The number of thiophene rings is 1. The Morgan fingerprint density at radius 1 is 1.33 bits per heavy atom. The molecule has 2 N–H and O–H groups in total. The maximum absolute atomic E-state index is 11.8. The van der Waals surface area contributed by atoms with Gasteiger partial charge in [0.15, 0.2) is 5.96 Å². The second-order valence-electron chi connectivity index (χ2n) is 5.44. The van der Waals surface area contributed by atoms with E-state index in [2.05, 4.69) is 42.9 Å². The topological polar surface area (TPSA) is 69.2 Å². The first-order valence-electron chi connectivity index (χ1n) is 8.32. The summed E-state index contributed by atoms with van der Waals surface area (Å²) in [6, 6.07) is 4.24. The van der Waals surface area contributed by atoms with E-state index in [4.69, 9.17) is 4.74 Å². The molecule has 0 aromatic carbocycles. The summed E-state index contributed by atoms with van der Waals surface area (Å²) in [5.41, 5.74) is 0. The van der Waals surface area contributed by atoms with E-state index >= 15 is 0 Å². The predicted octanol–water partition coefficient (Wildman–Crippen LogP) is 0.598. The van der Waals surface area contributed by atoms with Gasteiger partial charge in [-0.1, -0.05) is 0 Å². The maximum Gasteiger partial charge on any atom is 0.241 e. The monoisotopic (exact) mass is 353 g/mol. The summed E-state index contributed by atoms with van der Waals surface area (Å²) in [5.74, 6) is 0.727. The van der Waals surface area contributed by atoms with Gasteiger partial charge in [-0.15, -0.1) is 11.3 Å².